The number of carbonyl (C=O) groups is 3. The van der Waals surface area contributed by atoms with Crippen molar-refractivity contribution in [3.8, 4) is 0 Å². The molecule has 1 aliphatic rings. The molecule has 0 spiro atoms. The minimum atomic E-state index is -3.75. The van der Waals surface area contributed by atoms with E-state index in [1.165, 1.54) is 36.4 Å². The molecule has 0 radical (unpaired) electrons. The van der Waals surface area contributed by atoms with Crippen molar-refractivity contribution >= 4 is 27.7 Å². The van der Waals surface area contributed by atoms with Gasteiger partial charge in [0.2, 0.25) is 10.0 Å². The first-order valence-corrected chi connectivity index (χ1v) is 9.68. The Labute approximate surface area is 152 Å². The van der Waals surface area contributed by atoms with Gasteiger partial charge in [-0.15, -0.1) is 0 Å². The number of Topliss-reactive ketones (excluding diaryl/α,β-unsaturated/α-hetero) is 1. The number of carbonyl (C=O) groups excluding carboxylic acids is 3. The Morgan fingerprint density at radius 1 is 1.23 bits per heavy atom. The minimum absolute atomic E-state index is 0.0496. The van der Waals surface area contributed by atoms with Crippen LogP contribution in [0, 0.1) is 5.92 Å². The van der Waals surface area contributed by atoms with Crippen molar-refractivity contribution in [3.63, 3.8) is 0 Å². The quantitative estimate of drug-likeness (QED) is 0.571. The molecule has 1 atom stereocenters. The number of hydrogen-bond donors (Lipinski definition) is 1. The van der Waals surface area contributed by atoms with Crippen molar-refractivity contribution in [2.75, 3.05) is 13.1 Å². The van der Waals surface area contributed by atoms with E-state index in [9.17, 15) is 22.8 Å². The number of hydrogen-bond acceptors (Lipinski definition) is 6. The highest BCUT2D eigenvalue weighted by Crippen LogP contribution is 2.25. The van der Waals surface area contributed by atoms with Gasteiger partial charge in [-0.1, -0.05) is 12.1 Å². The molecule has 1 aromatic rings. The summed E-state index contributed by atoms with van der Waals surface area (Å²) in [4.78, 5) is 34.5. The summed E-state index contributed by atoms with van der Waals surface area (Å²) >= 11 is 0. The van der Waals surface area contributed by atoms with Crippen LogP contribution in [-0.4, -0.2) is 49.6 Å². The summed E-state index contributed by atoms with van der Waals surface area (Å²) in [6.45, 7) is 3.06. The predicted molar refractivity (Wildman–Crippen MR) is 92.7 cm³/mol. The zero-order valence-corrected chi connectivity index (χ0v) is 15.5. The van der Waals surface area contributed by atoms with E-state index in [2.05, 4.69) is 0 Å². The lowest BCUT2D eigenvalue weighted by atomic mass is 9.98. The van der Waals surface area contributed by atoms with Gasteiger partial charge < -0.3 is 10.5 Å². The lowest BCUT2D eigenvalue weighted by Crippen LogP contribution is -2.41. The summed E-state index contributed by atoms with van der Waals surface area (Å²) in [5.41, 5.74) is 5.39. The smallest absolute Gasteiger partial charge is 0.309 e. The number of ketones is 1. The Balaban J connectivity index is 2.04. The Morgan fingerprint density at radius 3 is 2.38 bits per heavy atom. The molecule has 0 bridgehead atoms. The number of rotatable bonds is 6. The first-order valence-electron chi connectivity index (χ1n) is 8.24. The fourth-order valence-electron chi connectivity index (χ4n) is 2.69. The maximum atomic E-state index is 12.7. The van der Waals surface area contributed by atoms with Gasteiger partial charge in [0.1, 0.15) is 0 Å². The summed E-state index contributed by atoms with van der Waals surface area (Å²) in [5.74, 6) is -1.98. The van der Waals surface area contributed by atoms with Crippen molar-refractivity contribution in [2.45, 2.75) is 37.7 Å². The number of nitrogens with two attached hydrogens (primary N) is 1. The summed E-state index contributed by atoms with van der Waals surface area (Å²) in [7, 11) is -3.75. The third kappa shape index (κ3) is 4.47. The number of benzene rings is 1. The predicted octanol–water partition coefficient (Wildman–Crippen LogP) is 0.707. The number of ether oxygens (including phenoxy) is 1. The van der Waals surface area contributed by atoms with E-state index in [4.69, 9.17) is 10.5 Å². The van der Waals surface area contributed by atoms with Crippen LogP contribution in [0.3, 0.4) is 0 Å². The molecule has 2 N–H and O–H groups in total. The standard InChI is InChI=1S/C17H22N2O6S/c1-11(20)14-4-3-5-15(10-14)26(23,24)19-8-6-13(7-9-19)17(22)25-12(2)16(18)21/h3-5,10,12-13H,6-9H2,1-2H3,(H2,18,21)/t12-/m1/s1. The number of piperidine rings is 1. The van der Waals surface area contributed by atoms with E-state index in [1.807, 2.05) is 0 Å². The average molecular weight is 382 g/mol. The number of esters is 1. The van der Waals surface area contributed by atoms with Gasteiger partial charge in [0, 0.05) is 18.7 Å². The molecule has 1 amide bonds. The molecule has 1 fully saturated rings. The van der Waals surface area contributed by atoms with Crippen molar-refractivity contribution < 1.29 is 27.5 Å². The Morgan fingerprint density at radius 2 is 1.85 bits per heavy atom. The number of amides is 1. The Hall–Kier alpha value is -2.26. The van der Waals surface area contributed by atoms with Crippen LogP contribution in [0.5, 0.6) is 0 Å². The van der Waals surface area contributed by atoms with Gasteiger partial charge in [0.05, 0.1) is 10.8 Å². The average Bonchev–Trinajstić information content (AvgIpc) is 2.61. The van der Waals surface area contributed by atoms with E-state index in [-0.39, 0.29) is 36.6 Å². The van der Waals surface area contributed by atoms with E-state index in [0.29, 0.717) is 5.56 Å². The molecule has 1 aliphatic heterocycles. The monoisotopic (exact) mass is 382 g/mol. The van der Waals surface area contributed by atoms with Gasteiger partial charge in [-0.25, -0.2) is 8.42 Å². The van der Waals surface area contributed by atoms with Crippen LogP contribution >= 0.6 is 0 Å². The van der Waals surface area contributed by atoms with Gasteiger partial charge in [0.25, 0.3) is 5.91 Å². The molecule has 0 unspecified atom stereocenters. The first kappa shape index (κ1) is 20.1. The molecule has 8 nitrogen and oxygen atoms in total. The topological polar surface area (TPSA) is 124 Å². The van der Waals surface area contributed by atoms with Gasteiger partial charge in [-0.05, 0) is 38.8 Å². The van der Waals surface area contributed by atoms with Crippen LogP contribution in [0.2, 0.25) is 0 Å². The third-order valence-electron chi connectivity index (χ3n) is 4.36. The van der Waals surface area contributed by atoms with Crippen LogP contribution < -0.4 is 5.73 Å². The van der Waals surface area contributed by atoms with E-state index in [0.717, 1.165) is 0 Å². The lowest BCUT2D eigenvalue weighted by molar-refractivity contribution is -0.159. The fourth-order valence-corrected chi connectivity index (χ4v) is 4.20. The molecule has 0 saturated carbocycles. The lowest BCUT2D eigenvalue weighted by Gasteiger charge is -2.30. The maximum Gasteiger partial charge on any atom is 0.309 e. The zero-order valence-electron chi connectivity index (χ0n) is 14.7. The molecule has 2 rings (SSSR count). The maximum absolute atomic E-state index is 12.7. The second-order valence-electron chi connectivity index (χ2n) is 6.24. The second kappa shape index (κ2) is 7.96. The molecule has 9 heteroatoms. The number of nitrogens with zero attached hydrogens (tertiary/aromatic N) is 1. The molecule has 142 valence electrons. The minimum Gasteiger partial charge on any atom is -0.452 e. The SMILES string of the molecule is CC(=O)c1cccc(S(=O)(=O)N2CCC(C(=O)O[C@H](C)C(N)=O)CC2)c1. The highest BCUT2D eigenvalue weighted by molar-refractivity contribution is 7.89. The van der Waals surface area contributed by atoms with Gasteiger partial charge in [-0.2, -0.15) is 4.31 Å². The second-order valence-corrected chi connectivity index (χ2v) is 8.18. The first-order chi connectivity index (χ1) is 12.1. The largest absolute Gasteiger partial charge is 0.452 e. The number of primary amides is 1. The molecular weight excluding hydrogens is 360 g/mol. The van der Waals surface area contributed by atoms with Gasteiger partial charge in [-0.3, -0.25) is 14.4 Å². The highest BCUT2D eigenvalue weighted by Gasteiger charge is 2.33. The molecular formula is C17H22N2O6S. The molecule has 0 aromatic heterocycles. The summed E-state index contributed by atoms with van der Waals surface area (Å²) < 4.78 is 31.8. The van der Waals surface area contributed by atoms with Crippen molar-refractivity contribution in [1.29, 1.82) is 0 Å². The number of sulfonamides is 1. The van der Waals surface area contributed by atoms with E-state index < -0.39 is 33.9 Å². The Kier molecular flexibility index (Phi) is 6.14. The van der Waals surface area contributed by atoms with Crippen molar-refractivity contribution in [2.24, 2.45) is 11.7 Å². The van der Waals surface area contributed by atoms with E-state index >= 15 is 0 Å². The van der Waals surface area contributed by atoms with Crippen LogP contribution in [-0.2, 0) is 24.3 Å². The molecule has 1 aromatic carbocycles. The Bertz CT molecular complexity index is 812. The van der Waals surface area contributed by atoms with Gasteiger partial charge in [0.15, 0.2) is 11.9 Å². The van der Waals surface area contributed by atoms with Crippen LogP contribution in [0.15, 0.2) is 29.2 Å². The zero-order chi connectivity index (χ0) is 19.5. The normalized spacial score (nSPS) is 17.5. The molecule has 26 heavy (non-hydrogen) atoms. The molecule has 1 saturated heterocycles. The third-order valence-corrected chi connectivity index (χ3v) is 6.25. The van der Waals surface area contributed by atoms with Crippen LogP contribution in [0.1, 0.15) is 37.0 Å². The highest BCUT2D eigenvalue weighted by atomic mass is 32.2. The summed E-state index contributed by atoms with van der Waals surface area (Å²) in [6.07, 6.45) is -0.440. The van der Waals surface area contributed by atoms with Gasteiger partial charge >= 0.3 is 5.97 Å². The van der Waals surface area contributed by atoms with Crippen LogP contribution in [0.25, 0.3) is 0 Å². The molecule has 1 heterocycles. The summed E-state index contributed by atoms with van der Waals surface area (Å²) in [6, 6.07) is 5.88. The molecule has 0 aliphatic carbocycles. The van der Waals surface area contributed by atoms with Crippen LogP contribution in [0.4, 0.5) is 0 Å². The fraction of sp³-hybridized carbons (Fsp3) is 0.471. The summed E-state index contributed by atoms with van der Waals surface area (Å²) in [5, 5.41) is 0. The van der Waals surface area contributed by atoms with Crippen molar-refractivity contribution in [1.82, 2.24) is 4.31 Å². The van der Waals surface area contributed by atoms with E-state index in [1.54, 1.807) is 6.07 Å². The van der Waals surface area contributed by atoms with Crippen molar-refractivity contribution in [3.05, 3.63) is 29.8 Å².